The van der Waals surface area contributed by atoms with Crippen LogP contribution in [-0.4, -0.2) is 43.8 Å². The second-order valence-corrected chi connectivity index (χ2v) is 7.56. The summed E-state index contributed by atoms with van der Waals surface area (Å²) in [6.45, 7) is 0. The van der Waals surface area contributed by atoms with Crippen LogP contribution in [0.5, 0.6) is 0 Å². The van der Waals surface area contributed by atoms with Gasteiger partial charge in [-0.2, -0.15) is 8.78 Å². The highest BCUT2D eigenvalue weighted by Gasteiger charge is 2.59. The van der Waals surface area contributed by atoms with E-state index in [1.165, 1.54) is 0 Å². The number of carbonyl (C=O) groups excluding carboxylic acids is 1. The number of alkyl halides is 4. The molecule has 1 amide bonds. The van der Waals surface area contributed by atoms with Crippen LogP contribution in [0.15, 0.2) is 24.4 Å². The molecule has 0 radical (unpaired) electrons. The molecule has 0 atom stereocenters. The highest BCUT2D eigenvalue weighted by Crippen LogP contribution is 2.55. The van der Waals surface area contributed by atoms with Gasteiger partial charge in [0.05, 0.1) is 17.4 Å². The molecule has 2 aliphatic carbocycles. The van der Waals surface area contributed by atoms with Crippen LogP contribution in [0.25, 0.3) is 11.4 Å². The number of pyridine rings is 1. The molecule has 2 aromatic rings. The van der Waals surface area contributed by atoms with Crippen LogP contribution >= 0.6 is 0 Å². The third kappa shape index (κ3) is 2.89. The number of nitrogens with two attached hydrogens (primary N) is 1. The summed E-state index contributed by atoms with van der Waals surface area (Å²) < 4.78 is 53.3. The molecule has 28 heavy (non-hydrogen) atoms. The average molecular weight is 398 g/mol. The van der Waals surface area contributed by atoms with Crippen LogP contribution in [-0.2, 0) is 10.3 Å². The molecular weight excluding hydrogens is 380 g/mol. The van der Waals surface area contributed by atoms with Crippen molar-refractivity contribution in [1.82, 2.24) is 25.3 Å². The minimum Gasteiger partial charge on any atom is -0.384 e. The molecule has 0 spiro atoms. The quantitative estimate of drug-likeness (QED) is 0.754. The Morgan fingerprint density at radius 3 is 2.57 bits per heavy atom. The van der Waals surface area contributed by atoms with E-state index >= 15 is 0 Å². The predicted octanol–water partition coefficient (Wildman–Crippen LogP) is 2.35. The second-order valence-electron chi connectivity index (χ2n) is 7.56. The van der Waals surface area contributed by atoms with Crippen molar-refractivity contribution in [2.45, 2.75) is 55.5 Å². The lowest BCUT2D eigenvalue weighted by molar-refractivity contribution is -0.171. The maximum Gasteiger partial charge on any atom is 0.383 e. The van der Waals surface area contributed by atoms with Crippen molar-refractivity contribution in [3.8, 4) is 11.4 Å². The first-order valence-electron chi connectivity index (χ1n) is 8.80. The summed E-state index contributed by atoms with van der Waals surface area (Å²) in [5, 5.41) is 10.5. The predicted molar refractivity (Wildman–Crippen MR) is 90.5 cm³/mol. The van der Waals surface area contributed by atoms with Gasteiger partial charge in [0.2, 0.25) is 0 Å². The highest BCUT2D eigenvalue weighted by atomic mass is 19.3. The molecule has 150 valence electrons. The molecule has 7 nitrogen and oxygen atoms in total. The van der Waals surface area contributed by atoms with E-state index in [0.717, 1.165) is 0 Å². The number of anilines is 1. The van der Waals surface area contributed by atoms with Crippen molar-refractivity contribution >= 4 is 11.7 Å². The van der Waals surface area contributed by atoms with E-state index in [1.54, 1.807) is 29.1 Å². The van der Waals surface area contributed by atoms with Crippen LogP contribution < -0.4 is 11.1 Å². The Morgan fingerprint density at radius 1 is 1.21 bits per heavy atom. The first-order valence-corrected chi connectivity index (χ1v) is 8.80. The Labute approximate surface area is 157 Å². The van der Waals surface area contributed by atoms with E-state index in [4.69, 9.17) is 5.73 Å². The standard InChI is InChI=1S/C17H18F4N6O/c18-13(19)17(20,21)14(28)24-15-4-6-16(9-15,7-5-15)27-8-11(25-26-27)10-2-1-3-12(22)23-10/h1-3,8,13H,4-7,9H2,(H2,22,23)(H,24,28). The van der Waals surface area contributed by atoms with E-state index in [9.17, 15) is 22.4 Å². The Morgan fingerprint density at radius 2 is 1.93 bits per heavy atom. The number of nitrogen functional groups attached to an aromatic ring is 1. The molecule has 2 bridgehead atoms. The summed E-state index contributed by atoms with van der Waals surface area (Å²) in [5.41, 5.74) is 5.31. The highest BCUT2D eigenvalue weighted by molar-refractivity contribution is 5.84. The number of fused-ring (bicyclic) bond motifs is 2. The third-order valence-electron chi connectivity index (χ3n) is 5.77. The molecule has 2 saturated carbocycles. The summed E-state index contributed by atoms with van der Waals surface area (Å²) >= 11 is 0. The minimum absolute atomic E-state index is 0.332. The first kappa shape index (κ1) is 18.6. The van der Waals surface area contributed by atoms with Gasteiger partial charge >= 0.3 is 12.3 Å². The van der Waals surface area contributed by atoms with Crippen LogP contribution in [0.3, 0.4) is 0 Å². The lowest BCUT2D eigenvalue weighted by Crippen LogP contribution is -2.54. The summed E-state index contributed by atoms with van der Waals surface area (Å²) in [4.78, 5) is 15.9. The maximum absolute atomic E-state index is 13.3. The fraction of sp³-hybridized carbons (Fsp3) is 0.529. The number of nitrogens with one attached hydrogen (secondary N) is 1. The normalized spacial score (nSPS) is 26.8. The van der Waals surface area contributed by atoms with Gasteiger partial charge in [-0.05, 0) is 44.2 Å². The average Bonchev–Trinajstić information content (AvgIpc) is 3.35. The van der Waals surface area contributed by atoms with Gasteiger partial charge < -0.3 is 11.1 Å². The minimum atomic E-state index is -4.71. The van der Waals surface area contributed by atoms with Crippen molar-refractivity contribution in [2.24, 2.45) is 0 Å². The summed E-state index contributed by atoms with van der Waals surface area (Å²) in [6.07, 6.45) is -0.0495. The molecule has 11 heteroatoms. The number of nitrogens with zero attached hydrogens (tertiary/aromatic N) is 4. The Balaban J connectivity index is 1.54. The van der Waals surface area contributed by atoms with Crippen molar-refractivity contribution < 1.29 is 22.4 Å². The maximum atomic E-state index is 13.3. The molecule has 0 aromatic carbocycles. The Hall–Kier alpha value is -2.72. The van der Waals surface area contributed by atoms with Gasteiger partial charge in [0, 0.05) is 5.54 Å². The Kier molecular flexibility index (Phi) is 4.09. The number of carbonyl (C=O) groups is 1. The van der Waals surface area contributed by atoms with Crippen molar-refractivity contribution in [3.63, 3.8) is 0 Å². The van der Waals surface area contributed by atoms with Crippen LogP contribution in [0.4, 0.5) is 23.4 Å². The van der Waals surface area contributed by atoms with Crippen molar-refractivity contribution in [2.75, 3.05) is 5.73 Å². The van der Waals surface area contributed by atoms with E-state index in [0.29, 0.717) is 49.3 Å². The molecule has 2 aliphatic rings. The van der Waals surface area contributed by atoms with Crippen LogP contribution in [0.2, 0.25) is 0 Å². The molecule has 2 fully saturated rings. The van der Waals surface area contributed by atoms with E-state index in [-0.39, 0.29) is 0 Å². The van der Waals surface area contributed by atoms with Gasteiger partial charge in [-0.15, -0.1) is 5.10 Å². The summed E-state index contributed by atoms with van der Waals surface area (Å²) in [6, 6.07) is 5.12. The molecule has 2 heterocycles. The van der Waals surface area contributed by atoms with Gasteiger partial charge in [-0.1, -0.05) is 11.3 Å². The molecule has 0 unspecified atom stereocenters. The van der Waals surface area contributed by atoms with Gasteiger partial charge in [0.1, 0.15) is 11.5 Å². The largest absolute Gasteiger partial charge is 0.384 e. The fourth-order valence-corrected chi connectivity index (χ4v) is 4.29. The first-order chi connectivity index (χ1) is 13.2. The number of hydrogen-bond acceptors (Lipinski definition) is 5. The number of rotatable bonds is 5. The van der Waals surface area contributed by atoms with E-state index in [2.05, 4.69) is 20.6 Å². The lowest BCUT2D eigenvalue weighted by atomic mass is 9.91. The van der Waals surface area contributed by atoms with Crippen molar-refractivity contribution in [1.29, 1.82) is 0 Å². The Bertz CT molecular complexity index is 907. The second kappa shape index (κ2) is 6.14. The van der Waals surface area contributed by atoms with Gasteiger partial charge in [0.15, 0.2) is 0 Å². The summed E-state index contributed by atoms with van der Waals surface area (Å²) in [7, 11) is 0. The zero-order chi connectivity index (χ0) is 20.2. The summed E-state index contributed by atoms with van der Waals surface area (Å²) in [5.74, 6) is -6.29. The van der Waals surface area contributed by atoms with E-state index < -0.39 is 29.3 Å². The topological polar surface area (TPSA) is 98.7 Å². The molecule has 2 aromatic heterocycles. The molecule has 0 aliphatic heterocycles. The molecule has 3 N–H and O–H groups in total. The van der Waals surface area contributed by atoms with Crippen molar-refractivity contribution in [3.05, 3.63) is 24.4 Å². The smallest absolute Gasteiger partial charge is 0.383 e. The molecular formula is C17H18F4N6O. The van der Waals surface area contributed by atoms with Gasteiger partial charge in [-0.3, -0.25) is 4.79 Å². The van der Waals surface area contributed by atoms with Crippen LogP contribution in [0, 0.1) is 0 Å². The number of aromatic nitrogens is 4. The number of amides is 1. The zero-order valence-corrected chi connectivity index (χ0v) is 14.7. The lowest BCUT2D eigenvalue weighted by Gasteiger charge is -2.29. The molecule has 4 rings (SSSR count). The fourth-order valence-electron chi connectivity index (χ4n) is 4.29. The number of halogens is 4. The van der Waals surface area contributed by atoms with Crippen LogP contribution in [0.1, 0.15) is 32.1 Å². The molecule has 0 saturated heterocycles. The monoisotopic (exact) mass is 398 g/mol. The number of hydrogen-bond donors (Lipinski definition) is 2. The van der Waals surface area contributed by atoms with Gasteiger partial charge in [-0.25, -0.2) is 18.4 Å². The third-order valence-corrected chi connectivity index (χ3v) is 5.77. The van der Waals surface area contributed by atoms with Gasteiger partial charge in [0.25, 0.3) is 5.91 Å². The SMILES string of the molecule is Nc1cccc(-c2cn(C34CCC(NC(=O)C(F)(F)C(F)F)(CC3)C4)nn2)n1. The zero-order valence-electron chi connectivity index (χ0n) is 14.7. The van der Waals surface area contributed by atoms with E-state index in [1.807, 2.05) is 0 Å².